The first kappa shape index (κ1) is 10.5. The zero-order valence-corrected chi connectivity index (χ0v) is 10.0. The highest BCUT2D eigenvalue weighted by Gasteiger charge is 2.62. The van der Waals surface area contributed by atoms with Crippen LogP contribution in [0.5, 0.6) is 0 Å². The third kappa shape index (κ3) is 1.18. The van der Waals surface area contributed by atoms with E-state index in [0.29, 0.717) is 0 Å². The molecule has 0 saturated heterocycles. The van der Waals surface area contributed by atoms with E-state index in [1.54, 1.807) is 0 Å². The van der Waals surface area contributed by atoms with Crippen molar-refractivity contribution in [1.29, 1.82) is 0 Å². The molecule has 0 aromatic carbocycles. The minimum absolute atomic E-state index is 0.0758. The van der Waals surface area contributed by atoms with E-state index in [9.17, 15) is 5.11 Å². The van der Waals surface area contributed by atoms with Crippen LogP contribution in [0.25, 0.3) is 0 Å². The third-order valence-electron chi connectivity index (χ3n) is 4.96. The SMILES string of the molecule is CCCC1C[C@]2(C)C[C@@H]1C(C)(C)[C@H]2O. The first-order valence-electron chi connectivity index (χ1n) is 6.10. The average molecular weight is 196 g/mol. The molecule has 4 atom stereocenters. The quantitative estimate of drug-likeness (QED) is 0.719. The zero-order chi connectivity index (χ0) is 10.6. The lowest BCUT2D eigenvalue weighted by atomic mass is 9.65. The molecule has 2 saturated carbocycles. The molecule has 0 amide bonds. The molecule has 1 heteroatoms. The van der Waals surface area contributed by atoms with E-state index in [1.165, 1.54) is 25.7 Å². The molecule has 0 aromatic rings. The topological polar surface area (TPSA) is 20.2 Å². The minimum Gasteiger partial charge on any atom is -0.392 e. The van der Waals surface area contributed by atoms with E-state index in [0.717, 1.165) is 11.8 Å². The predicted octanol–water partition coefficient (Wildman–Crippen LogP) is 3.22. The maximum atomic E-state index is 10.3. The molecule has 1 N–H and O–H groups in total. The van der Waals surface area contributed by atoms with Crippen LogP contribution in [0.15, 0.2) is 0 Å². The molecule has 1 nitrogen and oxygen atoms in total. The van der Waals surface area contributed by atoms with Crippen LogP contribution in [0.3, 0.4) is 0 Å². The van der Waals surface area contributed by atoms with Crippen LogP contribution in [0.1, 0.15) is 53.4 Å². The van der Waals surface area contributed by atoms with Gasteiger partial charge in [0.2, 0.25) is 0 Å². The van der Waals surface area contributed by atoms with Gasteiger partial charge in [0, 0.05) is 0 Å². The Morgan fingerprint density at radius 2 is 1.86 bits per heavy atom. The van der Waals surface area contributed by atoms with Crippen molar-refractivity contribution in [3.63, 3.8) is 0 Å². The maximum absolute atomic E-state index is 10.3. The van der Waals surface area contributed by atoms with Gasteiger partial charge in [0.05, 0.1) is 6.10 Å². The normalized spacial score (nSPS) is 49.9. The van der Waals surface area contributed by atoms with Gasteiger partial charge < -0.3 is 5.11 Å². The molecule has 2 bridgehead atoms. The highest BCUT2D eigenvalue weighted by atomic mass is 16.3. The van der Waals surface area contributed by atoms with E-state index in [-0.39, 0.29) is 16.9 Å². The van der Waals surface area contributed by atoms with Crippen molar-refractivity contribution in [2.45, 2.75) is 59.5 Å². The van der Waals surface area contributed by atoms with Gasteiger partial charge in [-0.05, 0) is 35.5 Å². The summed E-state index contributed by atoms with van der Waals surface area (Å²) in [6.45, 7) is 9.08. The maximum Gasteiger partial charge on any atom is 0.0647 e. The Bertz CT molecular complexity index is 229. The fourth-order valence-electron chi connectivity index (χ4n) is 4.36. The molecular formula is C13H24O. The van der Waals surface area contributed by atoms with Gasteiger partial charge in [0.25, 0.3) is 0 Å². The summed E-state index contributed by atoms with van der Waals surface area (Å²) in [4.78, 5) is 0. The van der Waals surface area contributed by atoms with Crippen molar-refractivity contribution >= 4 is 0 Å². The summed E-state index contributed by atoms with van der Waals surface area (Å²) in [6.07, 6.45) is 5.09. The summed E-state index contributed by atoms with van der Waals surface area (Å²) in [6, 6.07) is 0. The Morgan fingerprint density at radius 1 is 1.21 bits per heavy atom. The smallest absolute Gasteiger partial charge is 0.0647 e. The van der Waals surface area contributed by atoms with Crippen LogP contribution >= 0.6 is 0 Å². The molecule has 2 fully saturated rings. The number of aliphatic hydroxyl groups excluding tert-OH is 1. The summed E-state index contributed by atoms with van der Waals surface area (Å²) in [5.41, 5.74) is 0.390. The molecular weight excluding hydrogens is 172 g/mol. The van der Waals surface area contributed by atoms with Crippen LogP contribution in [0.4, 0.5) is 0 Å². The van der Waals surface area contributed by atoms with Crippen LogP contribution in [-0.4, -0.2) is 11.2 Å². The highest BCUT2D eigenvalue weighted by Crippen LogP contribution is 2.65. The lowest BCUT2D eigenvalue weighted by Gasteiger charge is -2.43. The Morgan fingerprint density at radius 3 is 2.29 bits per heavy atom. The van der Waals surface area contributed by atoms with E-state index in [4.69, 9.17) is 0 Å². The molecule has 0 heterocycles. The van der Waals surface area contributed by atoms with Gasteiger partial charge in [0.15, 0.2) is 0 Å². The van der Waals surface area contributed by atoms with Gasteiger partial charge in [-0.3, -0.25) is 0 Å². The molecule has 14 heavy (non-hydrogen) atoms. The zero-order valence-electron chi connectivity index (χ0n) is 10.0. The molecule has 0 radical (unpaired) electrons. The summed E-state index contributed by atoms with van der Waals surface area (Å²) in [5.74, 6) is 1.64. The minimum atomic E-state index is -0.0758. The summed E-state index contributed by atoms with van der Waals surface area (Å²) in [7, 11) is 0. The van der Waals surface area contributed by atoms with Crippen molar-refractivity contribution in [3.8, 4) is 0 Å². The lowest BCUT2D eigenvalue weighted by Crippen LogP contribution is -2.43. The lowest BCUT2D eigenvalue weighted by molar-refractivity contribution is -0.0544. The van der Waals surface area contributed by atoms with Gasteiger partial charge in [0.1, 0.15) is 0 Å². The van der Waals surface area contributed by atoms with Gasteiger partial charge in [-0.15, -0.1) is 0 Å². The van der Waals surface area contributed by atoms with Crippen LogP contribution in [-0.2, 0) is 0 Å². The Labute approximate surface area is 87.9 Å². The second-order valence-corrected chi connectivity index (χ2v) is 6.44. The second-order valence-electron chi connectivity index (χ2n) is 6.44. The standard InChI is InChI=1S/C13H24O/c1-5-6-9-7-13(4)8-10(9)12(2,3)11(13)14/h9-11,14H,5-8H2,1-4H3/t9?,10-,11+,13+/m0/s1. The predicted molar refractivity (Wildman–Crippen MR) is 59.0 cm³/mol. The molecule has 2 aliphatic carbocycles. The van der Waals surface area contributed by atoms with E-state index < -0.39 is 0 Å². The molecule has 0 aliphatic heterocycles. The first-order chi connectivity index (χ1) is 6.42. The number of rotatable bonds is 2. The largest absolute Gasteiger partial charge is 0.392 e. The van der Waals surface area contributed by atoms with Crippen LogP contribution < -0.4 is 0 Å². The number of hydrogen-bond acceptors (Lipinski definition) is 1. The number of hydrogen-bond donors (Lipinski definition) is 1. The van der Waals surface area contributed by atoms with Gasteiger partial charge >= 0.3 is 0 Å². The van der Waals surface area contributed by atoms with Crippen molar-refractivity contribution in [2.75, 3.05) is 0 Å². The monoisotopic (exact) mass is 196 g/mol. The average Bonchev–Trinajstić information content (AvgIpc) is 2.50. The number of aliphatic hydroxyl groups is 1. The summed E-state index contributed by atoms with van der Waals surface area (Å²) < 4.78 is 0. The van der Waals surface area contributed by atoms with Crippen molar-refractivity contribution in [3.05, 3.63) is 0 Å². The van der Waals surface area contributed by atoms with Gasteiger partial charge in [-0.25, -0.2) is 0 Å². The highest BCUT2D eigenvalue weighted by molar-refractivity contribution is 5.11. The van der Waals surface area contributed by atoms with Crippen molar-refractivity contribution < 1.29 is 5.11 Å². The van der Waals surface area contributed by atoms with Crippen molar-refractivity contribution in [1.82, 2.24) is 0 Å². The molecule has 0 spiro atoms. The van der Waals surface area contributed by atoms with Gasteiger partial charge in [-0.2, -0.15) is 0 Å². The van der Waals surface area contributed by atoms with Crippen molar-refractivity contribution in [2.24, 2.45) is 22.7 Å². The van der Waals surface area contributed by atoms with Crippen LogP contribution in [0.2, 0.25) is 0 Å². The van der Waals surface area contributed by atoms with E-state index in [1.807, 2.05) is 0 Å². The Kier molecular flexibility index (Phi) is 2.23. The van der Waals surface area contributed by atoms with E-state index in [2.05, 4.69) is 27.7 Å². The number of fused-ring (bicyclic) bond motifs is 2. The second kappa shape index (κ2) is 2.98. The Balaban J connectivity index is 2.21. The fourth-order valence-corrected chi connectivity index (χ4v) is 4.36. The Hall–Kier alpha value is -0.0400. The molecule has 2 rings (SSSR count). The molecule has 0 aromatic heterocycles. The van der Waals surface area contributed by atoms with Gasteiger partial charge in [-0.1, -0.05) is 40.5 Å². The first-order valence-corrected chi connectivity index (χ1v) is 6.10. The van der Waals surface area contributed by atoms with E-state index >= 15 is 0 Å². The molecule has 1 unspecified atom stereocenters. The summed E-state index contributed by atoms with van der Waals surface area (Å²) >= 11 is 0. The van der Waals surface area contributed by atoms with Crippen LogP contribution in [0, 0.1) is 22.7 Å². The summed E-state index contributed by atoms with van der Waals surface area (Å²) in [5, 5.41) is 10.3. The molecule has 2 aliphatic rings. The third-order valence-corrected chi connectivity index (χ3v) is 4.96. The molecule has 82 valence electrons. The fraction of sp³-hybridized carbons (Fsp3) is 1.00.